The van der Waals surface area contributed by atoms with E-state index in [-0.39, 0.29) is 17.6 Å². The first kappa shape index (κ1) is 22.2. The van der Waals surface area contributed by atoms with E-state index in [1.165, 1.54) is 18.9 Å². The molecule has 1 aliphatic rings. The van der Waals surface area contributed by atoms with Crippen molar-refractivity contribution in [2.45, 2.75) is 5.22 Å². The number of hydrogen-bond donors (Lipinski definition) is 1. The maximum absolute atomic E-state index is 12.8. The van der Waals surface area contributed by atoms with Gasteiger partial charge in [-0.05, 0) is 12.1 Å². The Bertz CT molecular complexity index is 1060. The fraction of sp³-hybridized carbons (Fsp3) is 0.429. The highest BCUT2D eigenvalue weighted by atomic mass is 32.2. The predicted octanol–water partition coefficient (Wildman–Crippen LogP) is 1.24. The second-order valence-electron chi connectivity index (χ2n) is 7.45. The lowest BCUT2D eigenvalue weighted by Gasteiger charge is -2.34. The number of methoxy groups -OCH3 is 1. The molecule has 0 atom stereocenters. The summed E-state index contributed by atoms with van der Waals surface area (Å²) in [6, 6.07) is 7.52. The molecule has 4 rings (SSSR count). The van der Waals surface area contributed by atoms with Crippen molar-refractivity contribution in [1.82, 2.24) is 29.9 Å². The number of piperazine rings is 1. The second-order valence-corrected chi connectivity index (χ2v) is 8.37. The van der Waals surface area contributed by atoms with Crippen LogP contribution < -0.4 is 10.1 Å². The summed E-state index contributed by atoms with van der Waals surface area (Å²) >= 11 is 1.28. The van der Waals surface area contributed by atoms with Gasteiger partial charge in [-0.15, -0.1) is 5.10 Å². The van der Waals surface area contributed by atoms with Crippen LogP contribution in [-0.2, 0) is 11.8 Å². The van der Waals surface area contributed by atoms with Crippen LogP contribution in [0.4, 0.5) is 0 Å². The highest BCUT2D eigenvalue weighted by Crippen LogP contribution is 2.23. The zero-order chi connectivity index (χ0) is 22.5. The van der Waals surface area contributed by atoms with Gasteiger partial charge in [0.15, 0.2) is 5.58 Å². The number of amides is 2. The fourth-order valence-electron chi connectivity index (χ4n) is 3.56. The molecule has 1 N–H and O–H groups in total. The number of para-hydroxylation sites is 2. The van der Waals surface area contributed by atoms with Gasteiger partial charge in [-0.1, -0.05) is 23.9 Å². The maximum Gasteiger partial charge on any atom is 0.261 e. The number of carbonyl (C=O) groups excluding carboxylic acids is 2. The molecule has 0 bridgehead atoms. The molecule has 170 valence electrons. The minimum atomic E-state index is -0.0703. The number of ether oxygens (including phenoxy) is 1. The van der Waals surface area contributed by atoms with Gasteiger partial charge in [0.05, 0.1) is 12.9 Å². The zero-order valence-corrected chi connectivity index (χ0v) is 18.9. The first-order valence-electron chi connectivity index (χ1n) is 10.4. The lowest BCUT2D eigenvalue weighted by atomic mass is 10.2. The van der Waals surface area contributed by atoms with E-state index in [9.17, 15) is 9.59 Å². The maximum atomic E-state index is 12.8. The zero-order valence-electron chi connectivity index (χ0n) is 18.1. The van der Waals surface area contributed by atoms with E-state index in [1.54, 1.807) is 17.9 Å². The van der Waals surface area contributed by atoms with Crippen molar-refractivity contribution in [2.75, 3.05) is 52.1 Å². The van der Waals surface area contributed by atoms with E-state index in [2.05, 4.69) is 20.3 Å². The summed E-state index contributed by atoms with van der Waals surface area (Å²) in [5.74, 6) is 0.467. The summed E-state index contributed by atoms with van der Waals surface area (Å²) in [6.07, 6.45) is 1.68. The number of carbonyl (C=O) groups is 2. The molecule has 3 heterocycles. The van der Waals surface area contributed by atoms with E-state index < -0.39 is 0 Å². The van der Waals surface area contributed by atoms with E-state index >= 15 is 0 Å². The molecule has 1 aliphatic heterocycles. The molecule has 3 aromatic rings. The van der Waals surface area contributed by atoms with Gasteiger partial charge in [0, 0.05) is 52.5 Å². The molecule has 0 unspecified atom stereocenters. The van der Waals surface area contributed by atoms with Crippen LogP contribution in [0.1, 0.15) is 10.4 Å². The van der Waals surface area contributed by atoms with Crippen molar-refractivity contribution in [3.8, 4) is 5.88 Å². The monoisotopic (exact) mass is 458 g/mol. The summed E-state index contributed by atoms with van der Waals surface area (Å²) in [5.41, 5.74) is 1.98. The summed E-state index contributed by atoms with van der Waals surface area (Å²) in [4.78, 5) is 33.3. The molecule has 2 aromatic heterocycles. The first-order valence-corrected chi connectivity index (χ1v) is 11.4. The van der Waals surface area contributed by atoms with Crippen LogP contribution >= 0.6 is 11.8 Å². The summed E-state index contributed by atoms with van der Waals surface area (Å²) in [6.45, 7) is 4.04. The average molecular weight is 459 g/mol. The predicted molar refractivity (Wildman–Crippen MR) is 120 cm³/mol. The third-order valence-corrected chi connectivity index (χ3v) is 6.06. The van der Waals surface area contributed by atoms with Gasteiger partial charge in [0.1, 0.15) is 11.1 Å². The number of aromatic nitrogens is 3. The highest BCUT2D eigenvalue weighted by molar-refractivity contribution is 7.99. The Hall–Kier alpha value is -3.05. The number of oxazole rings is 1. The Balaban J connectivity index is 1.15. The van der Waals surface area contributed by atoms with Crippen LogP contribution in [0.15, 0.2) is 40.1 Å². The van der Waals surface area contributed by atoms with Gasteiger partial charge in [0.25, 0.3) is 11.1 Å². The van der Waals surface area contributed by atoms with Crippen LogP contribution in [0.3, 0.4) is 0 Å². The van der Waals surface area contributed by atoms with Crippen LogP contribution in [0.25, 0.3) is 11.1 Å². The Morgan fingerprint density at radius 2 is 2.00 bits per heavy atom. The van der Waals surface area contributed by atoms with Crippen molar-refractivity contribution in [3.05, 3.63) is 36.0 Å². The molecule has 0 aliphatic carbocycles. The summed E-state index contributed by atoms with van der Waals surface area (Å²) < 4.78 is 12.4. The SMILES string of the molecule is COc1nn(C)cc1C(=O)N1CCN(CCNC(=O)CSc2nc3ccccc3o2)CC1. The Kier molecular flexibility index (Phi) is 6.96. The second kappa shape index (κ2) is 10.0. The number of benzene rings is 1. The van der Waals surface area contributed by atoms with Crippen molar-refractivity contribution in [1.29, 1.82) is 0 Å². The Morgan fingerprint density at radius 1 is 1.22 bits per heavy atom. The molecule has 0 radical (unpaired) electrons. The largest absolute Gasteiger partial charge is 0.479 e. The molecule has 1 saturated heterocycles. The highest BCUT2D eigenvalue weighted by Gasteiger charge is 2.26. The van der Waals surface area contributed by atoms with Crippen molar-refractivity contribution in [3.63, 3.8) is 0 Å². The van der Waals surface area contributed by atoms with Gasteiger partial charge < -0.3 is 19.4 Å². The minimum Gasteiger partial charge on any atom is -0.479 e. The average Bonchev–Trinajstić information content (AvgIpc) is 3.40. The van der Waals surface area contributed by atoms with E-state index in [0.717, 1.165) is 30.7 Å². The topological polar surface area (TPSA) is 106 Å². The summed E-state index contributed by atoms with van der Waals surface area (Å²) in [7, 11) is 3.27. The number of nitrogens with one attached hydrogen (secondary N) is 1. The molecule has 2 amide bonds. The third-order valence-electron chi connectivity index (χ3n) is 5.23. The molecule has 0 saturated carbocycles. The van der Waals surface area contributed by atoms with Crippen LogP contribution in [0.2, 0.25) is 0 Å². The fourth-order valence-corrected chi connectivity index (χ4v) is 4.22. The molecule has 0 spiro atoms. The van der Waals surface area contributed by atoms with E-state index in [0.29, 0.717) is 36.3 Å². The van der Waals surface area contributed by atoms with Crippen molar-refractivity contribution < 1.29 is 18.7 Å². The van der Waals surface area contributed by atoms with Crippen LogP contribution in [0, 0.1) is 0 Å². The number of thioether (sulfide) groups is 1. The van der Waals surface area contributed by atoms with Gasteiger partial charge in [-0.2, -0.15) is 0 Å². The molecule has 32 heavy (non-hydrogen) atoms. The number of nitrogens with zero attached hydrogens (tertiary/aromatic N) is 5. The van der Waals surface area contributed by atoms with Gasteiger partial charge >= 0.3 is 0 Å². The van der Waals surface area contributed by atoms with Gasteiger partial charge in [-0.25, -0.2) is 4.98 Å². The van der Waals surface area contributed by atoms with Gasteiger partial charge in [-0.3, -0.25) is 19.2 Å². The molecule has 11 heteroatoms. The normalized spacial score (nSPS) is 14.6. The standard InChI is InChI=1S/C21H26N6O4S/c1-25-13-15(19(24-25)30-2)20(29)27-11-9-26(10-12-27)8-7-22-18(28)14-32-21-23-16-5-3-4-6-17(16)31-21/h3-6,13H,7-12,14H2,1-2H3,(H,22,28). The third kappa shape index (κ3) is 5.22. The smallest absolute Gasteiger partial charge is 0.261 e. The molecule has 10 nitrogen and oxygen atoms in total. The van der Waals surface area contributed by atoms with E-state index in [1.807, 2.05) is 29.2 Å². The molecular weight excluding hydrogens is 432 g/mol. The minimum absolute atomic E-state index is 0.0604. The quantitative estimate of drug-likeness (QED) is 0.503. The number of fused-ring (bicyclic) bond motifs is 1. The molecule has 1 aromatic carbocycles. The lowest BCUT2D eigenvalue weighted by molar-refractivity contribution is -0.118. The van der Waals surface area contributed by atoms with Gasteiger partial charge in [0.2, 0.25) is 11.8 Å². The van der Waals surface area contributed by atoms with E-state index in [4.69, 9.17) is 9.15 Å². The first-order chi connectivity index (χ1) is 15.5. The lowest BCUT2D eigenvalue weighted by Crippen LogP contribution is -2.50. The summed E-state index contributed by atoms with van der Waals surface area (Å²) in [5, 5.41) is 7.57. The van der Waals surface area contributed by atoms with Crippen molar-refractivity contribution in [2.24, 2.45) is 7.05 Å². The van der Waals surface area contributed by atoms with Crippen LogP contribution in [-0.4, -0.2) is 88.5 Å². The Labute approximate surface area is 189 Å². The molecule has 1 fully saturated rings. The number of aryl methyl sites for hydroxylation is 1. The number of rotatable bonds is 8. The Morgan fingerprint density at radius 3 is 2.75 bits per heavy atom. The van der Waals surface area contributed by atoms with Crippen molar-refractivity contribution >= 4 is 34.7 Å². The number of hydrogen-bond acceptors (Lipinski definition) is 8. The molecular formula is C21H26N6O4S. The van der Waals surface area contributed by atoms with Crippen LogP contribution in [0.5, 0.6) is 5.88 Å².